The molecule has 0 saturated carbocycles. The number of hydrogen-bond donors (Lipinski definition) is 1. The Morgan fingerprint density at radius 1 is 1.18 bits per heavy atom. The number of halogens is 4. The zero-order valence-corrected chi connectivity index (χ0v) is 14.6. The minimum absolute atomic E-state index is 0.0592. The summed E-state index contributed by atoms with van der Waals surface area (Å²) < 4.78 is 58.8. The van der Waals surface area contributed by atoms with Crippen molar-refractivity contribution in [2.45, 2.75) is 6.18 Å². The smallest absolute Gasteiger partial charge is 0.417 e. The van der Waals surface area contributed by atoms with Gasteiger partial charge >= 0.3 is 6.18 Å². The van der Waals surface area contributed by atoms with Gasteiger partial charge in [-0.3, -0.25) is 10.1 Å². The van der Waals surface area contributed by atoms with Crippen LogP contribution in [0.25, 0.3) is 22.6 Å². The van der Waals surface area contributed by atoms with Crippen LogP contribution in [0.4, 0.5) is 22.7 Å². The normalized spacial score (nSPS) is 11.7. The van der Waals surface area contributed by atoms with E-state index in [-0.39, 0.29) is 16.7 Å². The number of rotatable bonds is 3. The summed E-state index contributed by atoms with van der Waals surface area (Å²) in [5.41, 5.74) is -1.39. The van der Waals surface area contributed by atoms with Crippen LogP contribution in [0.5, 0.6) is 0 Å². The summed E-state index contributed by atoms with van der Waals surface area (Å²) in [7, 11) is 0. The molecule has 0 aliphatic heterocycles. The van der Waals surface area contributed by atoms with Crippen LogP contribution in [0.2, 0.25) is 0 Å². The number of oxazole rings is 1. The molecule has 0 radical (unpaired) electrons. The molecule has 4 aromatic rings. The standard InChI is InChI=1S/C18H9F4N3O2S/c19-9-4-5-12(18(20,21)22)11(8-9)16-24-14-10(2-1-3-13(14)27-16)15(26)25-17-23-6-7-28-17/h1-8H,(H,23,25,26). The number of benzene rings is 2. The van der Waals surface area contributed by atoms with Crippen LogP contribution in [-0.4, -0.2) is 15.9 Å². The Hall–Kier alpha value is -3.27. The Kier molecular flexibility index (Phi) is 4.34. The first-order valence-corrected chi connectivity index (χ1v) is 8.68. The van der Waals surface area contributed by atoms with E-state index in [0.717, 1.165) is 0 Å². The van der Waals surface area contributed by atoms with Crippen LogP contribution in [0, 0.1) is 5.82 Å². The molecule has 2 heterocycles. The molecule has 1 N–H and O–H groups in total. The molecule has 2 aromatic carbocycles. The first-order valence-electron chi connectivity index (χ1n) is 7.80. The molecule has 5 nitrogen and oxygen atoms in total. The molecule has 10 heteroatoms. The van der Waals surface area contributed by atoms with E-state index in [4.69, 9.17) is 4.42 Å². The molecule has 4 rings (SSSR count). The molecule has 0 aliphatic rings. The van der Waals surface area contributed by atoms with E-state index < -0.39 is 34.9 Å². The quantitative estimate of drug-likeness (QED) is 0.464. The maximum atomic E-state index is 13.6. The highest BCUT2D eigenvalue weighted by atomic mass is 32.1. The maximum Gasteiger partial charge on any atom is 0.417 e. The van der Waals surface area contributed by atoms with Crippen LogP contribution in [0.1, 0.15) is 15.9 Å². The molecule has 0 spiro atoms. The van der Waals surface area contributed by atoms with E-state index in [1.165, 1.54) is 35.7 Å². The number of carbonyl (C=O) groups excluding carboxylic acids is 1. The Labute approximate surface area is 158 Å². The van der Waals surface area contributed by atoms with Gasteiger partial charge in [0.1, 0.15) is 11.3 Å². The number of hydrogen-bond acceptors (Lipinski definition) is 5. The molecule has 28 heavy (non-hydrogen) atoms. The monoisotopic (exact) mass is 407 g/mol. The first-order chi connectivity index (χ1) is 13.3. The average Bonchev–Trinajstić information content (AvgIpc) is 3.29. The number of nitrogens with one attached hydrogen (secondary N) is 1. The number of aromatic nitrogens is 2. The number of fused-ring (bicyclic) bond motifs is 1. The minimum Gasteiger partial charge on any atom is -0.436 e. The second-order valence-corrected chi connectivity index (χ2v) is 6.54. The molecule has 1 amide bonds. The van der Waals surface area contributed by atoms with Crippen molar-refractivity contribution in [2.24, 2.45) is 0 Å². The molecular weight excluding hydrogens is 398 g/mol. The van der Waals surface area contributed by atoms with Gasteiger partial charge in [-0.2, -0.15) is 13.2 Å². The number of anilines is 1. The van der Waals surface area contributed by atoms with E-state index in [2.05, 4.69) is 15.3 Å². The van der Waals surface area contributed by atoms with E-state index in [9.17, 15) is 22.4 Å². The van der Waals surface area contributed by atoms with Crippen molar-refractivity contribution in [3.8, 4) is 11.5 Å². The predicted octanol–water partition coefficient (Wildman–Crippen LogP) is 5.36. The Morgan fingerprint density at radius 3 is 2.71 bits per heavy atom. The number of alkyl halides is 3. The van der Waals surface area contributed by atoms with Gasteiger partial charge in [-0.25, -0.2) is 14.4 Å². The van der Waals surface area contributed by atoms with Gasteiger partial charge in [0.05, 0.1) is 16.7 Å². The molecule has 0 bridgehead atoms. The van der Waals surface area contributed by atoms with E-state index in [0.29, 0.717) is 23.3 Å². The average molecular weight is 407 g/mol. The summed E-state index contributed by atoms with van der Waals surface area (Å²) in [5, 5.41) is 4.60. The highest BCUT2D eigenvalue weighted by Gasteiger charge is 2.35. The third-order valence-corrected chi connectivity index (χ3v) is 4.52. The number of carbonyl (C=O) groups is 1. The van der Waals surface area contributed by atoms with Crippen molar-refractivity contribution >= 4 is 33.5 Å². The first kappa shape index (κ1) is 18.1. The van der Waals surface area contributed by atoms with Gasteiger partial charge in [-0.15, -0.1) is 11.3 Å². The highest BCUT2D eigenvalue weighted by Crippen LogP contribution is 2.38. The summed E-state index contributed by atoms with van der Waals surface area (Å²) in [6.07, 6.45) is -3.22. The molecule has 0 unspecified atom stereocenters. The van der Waals surface area contributed by atoms with Crippen LogP contribution in [0.15, 0.2) is 52.4 Å². The zero-order valence-electron chi connectivity index (χ0n) is 13.7. The van der Waals surface area contributed by atoms with Crippen molar-refractivity contribution in [1.82, 2.24) is 9.97 Å². The fourth-order valence-corrected chi connectivity index (χ4v) is 3.16. The number of nitrogens with zero attached hydrogens (tertiary/aromatic N) is 2. The summed E-state index contributed by atoms with van der Waals surface area (Å²) in [6, 6.07) is 6.44. The van der Waals surface area contributed by atoms with Crippen LogP contribution in [0.3, 0.4) is 0 Å². The molecule has 2 aromatic heterocycles. The van der Waals surface area contributed by atoms with Gasteiger partial charge in [0.2, 0.25) is 5.89 Å². The van der Waals surface area contributed by atoms with Crippen LogP contribution in [-0.2, 0) is 6.18 Å². The molecular formula is C18H9F4N3O2S. The van der Waals surface area contributed by atoms with Gasteiger partial charge in [-0.05, 0) is 30.3 Å². The largest absolute Gasteiger partial charge is 0.436 e. The third-order valence-electron chi connectivity index (χ3n) is 3.83. The van der Waals surface area contributed by atoms with Gasteiger partial charge in [0, 0.05) is 11.6 Å². The number of thiazole rings is 1. The maximum absolute atomic E-state index is 13.6. The summed E-state index contributed by atoms with van der Waals surface area (Å²) in [4.78, 5) is 20.5. The van der Waals surface area contributed by atoms with Crippen molar-refractivity contribution in [3.05, 3.63) is 64.9 Å². The lowest BCUT2D eigenvalue weighted by atomic mass is 10.1. The second-order valence-electron chi connectivity index (χ2n) is 5.65. The molecule has 0 fully saturated rings. The van der Waals surface area contributed by atoms with Gasteiger partial charge in [0.25, 0.3) is 5.91 Å². The van der Waals surface area contributed by atoms with Crippen molar-refractivity contribution in [3.63, 3.8) is 0 Å². The summed E-state index contributed by atoms with van der Waals surface area (Å²) in [5.74, 6) is -1.85. The fourth-order valence-electron chi connectivity index (χ4n) is 2.64. The third kappa shape index (κ3) is 3.33. The van der Waals surface area contributed by atoms with Crippen LogP contribution >= 0.6 is 11.3 Å². The Bertz CT molecular complexity index is 1170. The second kappa shape index (κ2) is 6.71. The lowest BCUT2D eigenvalue weighted by Crippen LogP contribution is -2.12. The van der Waals surface area contributed by atoms with Crippen LogP contribution < -0.4 is 5.32 Å². The van der Waals surface area contributed by atoms with Crippen molar-refractivity contribution < 1.29 is 26.8 Å². The Balaban J connectivity index is 1.82. The summed E-state index contributed by atoms with van der Waals surface area (Å²) in [6.45, 7) is 0. The molecule has 142 valence electrons. The molecule has 0 atom stereocenters. The molecule has 0 saturated heterocycles. The SMILES string of the molecule is O=C(Nc1nccs1)c1cccc2oc(-c3cc(F)ccc3C(F)(F)F)nc12. The Morgan fingerprint density at radius 2 is 2.00 bits per heavy atom. The zero-order chi connectivity index (χ0) is 19.9. The topological polar surface area (TPSA) is 68.0 Å². The van der Waals surface area contributed by atoms with Gasteiger partial charge in [0.15, 0.2) is 10.7 Å². The fraction of sp³-hybridized carbons (Fsp3) is 0.0556. The van der Waals surface area contributed by atoms with Gasteiger partial charge < -0.3 is 4.42 Å². The van der Waals surface area contributed by atoms with E-state index in [1.807, 2.05) is 0 Å². The van der Waals surface area contributed by atoms with E-state index in [1.54, 1.807) is 5.38 Å². The lowest BCUT2D eigenvalue weighted by molar-refractivity contribution is -0.137. The number of para-hydroxylation sites is 1. The predicted molar refractivity (Wildman–Crippen MR) is 94.5 cm³/mol. The van der Waals surface area contributed by atoms with Crippen molar-refractivity contribution in [2.75, 3.05) is 5.32 Å². The van der Waals surface area contributed by atoms with E-state index >= 15 is 0 Å². The van der Waals surface area contributed by atoms with Gasteiger partial charge in [-0.1, -0.05) is 6.07 Å². The lowest BCUT2D eigenvalue weighted by Gasteiger charge is -2.10. The molecule has 0 aliphatic carbocycles. The van der Waals surface area contributed by atoms with Crippen molar-refractivity contribution in [1.29, 1.82) is 0 Å². The highest BCUT2D eigenvalue weighted by molar-refractivity contribution is 7.13. The number of amides is 1. The minimum atomic E-state index is -4.73. The summed E-state index contributed by atoms with van der Waals surface area (Å²) >= 11 is 1.21.